The lowest BCUT2D eigenvalue weighted by atomic mass is 10.0. The summed E-state index contributed by atoms with van der Waals surface area (Å²) >= 11 is 1.71. The first-order valence-electron chi connectivity index (χ1n) is 4.88. The van der Waals surface area contributed by atoms with E-state index in [-0.39, 0.29) is 10.6 Å². The third-order valence-electron chi connectivity index (χ3n) is 2.49. The zero-order valence-electron chi connectivity index (χ0n) is 8.84. The number of non-ortho nitro benzene ring substituents is 1. The lowest BCUT2D eigenvalue weighted by Crippen LogP contribution is -1.92. The fraction of sp³-hybridized carbons (Fsp3) is 0.167. The molecule has 3 nitrogen and oxygen atoms in total. The minimum Gasteiger partial charge on any atom is -0.258 e. The standard InChI is InChI=1S/C12H11NO2S/c1-16-8-9-6-7-12(13(14)15)11-5-3-2-4-10(9)11/h2-7H,8H2,1H3. The van der Waals surface area contributed by atoms with Crippen molar-refractivity contribution in [2.24, 2.45) is 0 Å². The Labute approximate surface area is 97.6 Å². The molecular weight excluding hydrogens is 222 g/mol. The number of nitrogens with zero attached hydrogens (tertiary/aromatic N) is 1. The molecular formula is C12H11NO2S. The Morgan fingerprint density at radius 1 is 1.19 bits per heavy atom. The van der Waals surface area contributed by atoms with Gasteiger partial charge in [0.1, 0.15) is 0 Å². The first-order chi connectivity index (χ1) is 7.74. The Balaban J connectivity index is 2.71. The average molecular weight is 233 g/mol. The van der Waals surface area contributed by atoms with Gasteiger partial charge in [-0.3, -0.25) is 10.1 Å². The molecule has 0 radical (unpaired) electrons. The van der Waals surface area contributed by atoms with E-state index in [4.69, 9.17) is 0 Å². The molecule has 82 valence electrons. The molecule has 2 aromatic carbocycles. The Morgan fingerprint density at radius 2 is 1.88 bits per heavy atom. The van der Waals surface area contributed by atoms with Gasteiger partial charge in [-0.1, -0.05) is 24.3 Å². The molecule has 4 heteroatoms. The van der Waals surface area contributed by atoms with Crippen LogP contribution in [0.3, 0.4) is 0 Å². The normalized spacial score (nSPS) is 10.6. The summed E-state index contributed by atoms with van der Waals surface area (Å²) in [5, 5.41) is 12.6. The number of benzene rings is 2. The van der Waals surface area contributed by atoms with Gasteiger partial charge in [0.25, 0.3) is 5.69 Å². The number of rotatable bonds is 3. The minimum atomic E-state index is -0.328. The highest BCUT2D eigenvalue weighted by Crippen LogP contribution is 2.29. The second-order valence-electron chi connectivity index (χ2n) is 3.48. The topological polar surface area (TPSA) is 43.1 Å². The molecule has 2 rings (SSSR count). The van der Waals surface area contributed by atoms with Gasteiger partial charge >= 0.3 is 0 Å². The third-order valence-corrected chi connectivity index (χ3v) is 3.09. The van der Waals surface area contributed by atoms with E-state index in [1.807, 2.05) is 30.5 Å². The summed E-state index contributed by atoms with van der Waals surface area (Å²) < 4.78 is 0. The molecule has 0 spiro atoms. The molecule has 0 atom stereocenters. The van der Waals surface area contributed by atoms with E-state index in [0.29, 0.717) is 0 Å². The van der Waals surface area contributed by atoms with Crippen molar-refractivity contribution >= 4 is 28.2 Å². The third kappa shape index (κ3) is 1.88. The predicted molar refractivity (Wildman–Crippen MR) is 67.8 cm³/mol. The van der Waals surface area contributed by atoms with Crippen molar-refractivity contribution in [3.05, 3.63) is 52.1 Å². The fourth-order valence-electron chi connectivity index (χ4n) is 1.79. The van der Waals surface area contributed by atoms with Gasteiger partial charge in [-0.15, -0.1) is 0 Å². The van der Waals surface area contributed by atoms with E-state index >= 15 is 0 Å². The van der Waals surface area contributed by atoms with E-state index in [0.717, 1.165) is 22.1 Å². The van der Waals surface area contributed by atoms with Crippen LogP contribution in [0.5, 0.6) is 0 Å². The smallest absolute Gasteiger partial charge is 0.258 e. The summed E-state index contributed by atoms with van der Waals surface area (Å²) in [4.78, 5) is 10.6. The van der Waals surface area contributed by atoms with Crippen LogP contribution in [0.1, 0.15) is 5.56 Å². The molecule has 0 aliphatic heterocycles. The zero-order chi connectivity index (χ0) is 11.5. The number of hydrogen-bond acceptors (Lipinski definition) is 3. The fourth-order valence-corrected chi connectivity index (χ4v) is 2.35. The lowest BCUT2D eigenvalue weighted by Gasteiger charge is -2.05. The van der Waals surface area contributed by atoms with Gasteiger partial charge in [-0.25, -0.2) is 0 Å². The van der Waals surface area contributed by atoms with Crippen LogP contribution in [0.4, 0.5) is 5.69 Å². The van der Waals surface area contributed by atoms with Crippen molar-refractivity contribution in [2.45, 2.75) is 5.75 Å². The van der Waals surface area contributed by atoms with Crippen molar-refractivity contribution in [2.75, 3.05) is 6.26 Å². The van der Waals surface area contributed by atoms with Crippen LogP contribution in [0.2, 0.25) is 0 Å². The molecule has 0 bridgehead atoms. The summed E-state index contributed by atoms with van der Waals surface area (Å²) in [5.41, 5.74) is 1.33. The van der Waals surface area contributed by atoms with E-state index in [2.05, 4.69) is 0 Å². The second kappa shape index (κ2) is 4.53. The van der Waals surface area contributed by atoms with Crippen LogP contribution in [-0.2, 0) is 5.75 Å². The quantitative estimate of drug-likeness (QED) is 0.600. The van der Waals surface area contributed by atoms with Gasteiger partial charge in [0, 0.05) is 11.8 Å². The van der Waals surface area contributed by atoms with Crippen molar-refractivity contribution < 1.29 is 4.92 Å². The van der Waals surface area contributed by atoms with E-state index in [1.165, 1.54) is 0 Å². The number of nitro benzene ring substituents is 1. The molecule has 0 unspecified atom stereocenters. The van der Waals surface area contributed by atoms with Gasteiger partial charge in [-0.2, -0.15) is 11.8 Å². The predicted octanol–water partition coefficient (Wildman–Crippen LogP) is 3.61. The van der Waals surface area contributed by atoms with E-state index < -0.39 is 0 Å². The van der Waals surface area contributed by atoms with Crippen molar-refractivity contribution in [1.29, 1.82) is 0 Å². The van der Waals surface area contributed by atoms with Crippen LogP contribution in [0, 0.1) is 10.1 Å². The molecule has 0 saturated heterocycles. The Kier molecular flexibility index (Phi) is 3.10. The van der Waals surface area contributed by atoms with Crippen LogP contribution in [-0.4, -0.2) is 11.2 Å². The highest BCUT2D eigenvalue weighted by Gasteiger charge is 2.12. The largest absolute Gasteiger partial charge is 0.277 e. The average Bonchev–Trinajstić information content (AvgIpc) is 2.29. The summed E-state index contributed by atoms with van der Waals surface area (Å²) in [6.45, 7) is 0. The summed E-state index contributed by atoms with van der Waals surface area (Å²) in [7, 11) is 0. The lowest BCUT2D eigenvalue weighted by molar-refractivity contribution is -0.383. The van der Waals surface area contributed by atoms with Gasteiger partial charge in [0.2, 0.25) is 0 Å². The zero-order valence-corrected chi connectivity index (χ0v) is 9.66. The first-order valence-corrected chi connectivity index (χ1v) is 6.27. The molecule has 0 fully saturated rings. The Hall–Kier alpha value is -1.55. The van der Waals surface area contributed by atoms with Crippen molar-refractivity contribution in [1.82, 2.24) is 0 Å². The van der Waals surface area contributed by atoms with Gasteiger partial charge < -0.3 is 0 Å². The van der Waals surface area contributed by atoms with E-state index in [9.17, 15) is 10.1 Å². The summed E-state index contributed by atoms with van der Waals surface area (Å²) in [6, 6.07) is 10.9. The molecule has 0 heterocycles. The molecule has 0 aliphatic carbocycles. The highest BCUT2D eigenvalue weighted by atomic mass is 32.2. The maximum absolute atomic E-state index is 10.9. The molecule has 0 saturated carbocycles. The molecule has 0 aliphatic rings. The van der Waals surface area contributed by atoms with Crippen LogP contribution < -0.4 is 0 Å². The number of fused-ring (bicyclic) bond motifs is 1. The van der Waals surface area contributed by atoms with Crippen molar-refractivity contribution in [3.63, 3.8) is 0 Å². The minimum absolute atomic E-state index is 0.181. The number of thioether (sulfide) groups is 1. The SMILES string of the molecule is CSCc1ccc([N+](=O)[O-])c2ccccc12. The molecule has 16 heavy (non-hydrogen) atoms. The summed E-state index contributed by atoms with van der Waals surface area (Å²) in [5.74, 6) is 0.874. The maximum atomic E-state index is 10.9. The van der Waals surface area contributed by atoms with E-state index in [1.54, 1.807) is 23.9 Å². The number of hydrogen-bond donors (Lipinski definition) is 0. The van der Waals surface area contributed by atoms with Gasteiger partial charge in [-0.05, 0) is 23.3 Å². The Morgan fingerprint density at radius 3 is 2.50 bits per heavy atom. The monoisotopic (exact) mass is 233 g/mol. The van der Waals surface area contributed by atoms with Gasteiger partial charge in [0.15, 0.2) is 0 Å². The summed E-state index contributed by atoms with van der Waals surface area (Å²) in [6.07, 6.45) is 2.02. The van der Waals surface area contributed by atoms with Crippen LogP contribution in [0.25, 0.3) is 10.8 Å². The molecule has 0 aromatic heterocycles. The first kappa shape index (κ1) is 11.0. The maximum Gasteiger partial charge on any atom is 0.277 e. The van der Waals surface area contributed by atoms with Crippen LogP contribution in [0.15, 0.2) is 36.4 Å². The molecule has 2 aromatic rings. The van der Waals surface area contributed by atoms with Crippen molar-refractivity contribution in [3.8, 4) is 0 Å². The number of nitro groups is 1. The second-order valence-corrected chi connectivity index (χ2v) is 4.35. The van der Waals surface area contributed by atoms with Gasteiger partial charge in [0.05, 0.1) is 10.3 Å². The highest BCUT2D eigenvalue weighted by molar-refractivity contribution is 7.97. The Bertz CT molecular complexity index is 540. The van der Waals surface area contributed by atoms with Crippen LogP contribution >= 0.6 is 11.8 Å². The molecule has 0 amide bonds. The molecule has 0 N–H and O–H groups in total.